The second-order valence-electron chi connectivity index (χ2n) is 7.19. The summed E-state index contributed by atoms with van der Waals surface area (Å²) in [5, 5.41) is 4.34. The van der Waals surface area contributed by atoms with Gasteiger partial charge in [0.2, 0.25) is 0 Å². The summed E-state index contributed by atoms with van der Waals surface area (Å²) in [5.41, 5.74) is 6.97. The Balaban J connectivity index is 1.63. The molecule has 0 atom stereocenters. The number of methoxy groups -OCH3 is 3. The smallest absolute Gasteiger partial charge is 0.119 e. The van der Waals surface area contributed by atoms with Crippen molar-refractivity contribution in [2.24, 2.45) is 0 Å². The van der Waals surface area contributed by atoms with Crippen LogP contribution in [-0.4, -0.2) is 34.4 Å². The van der Waals surface area contributed by atoms with Crippen molar-refractivity contribution in [3.63, 3.8) is 0 Å². The van der Waals surface area contributed by atoms with Crippen LogP contribution in [0, 0.1) is 0 Å². The number of hydrogen-bond donors (Lipinski definition) is 1. The maximum atomic E-state index is 5.32. The highest BCUT2D eigenvalue weighted by atomic mass is 16.5. The number of nitrogens with one attached hydrogen (secondary N) is 1. The summed E-state index contributed by atoms with van der Waals surface area (Å²) >= 11 is 0. The number of ether oxygens (including phenoxy) is 3. The Labute approximate surface area is 177 Å². The van der Waals surface area contributed by atoms with Crippen LogP contribution in [0.1, 0.15) is 11.5 Å². The lowest BCUT2D eigenvalue weighted by molar-refractivity contribution is 0.413. The first-order chi connectivity index (χ1) is 14.7. The molecule has 0 aromatic heterocycles. The first-order valence-corrected chi connectivity index (χ1v) is 9.93. The summed E-state index contributed by atoms with van der Waals surface area (Å²) in [6.45, 7) is 1.68. The van der Waals surface area contributed by atoms with Crippen LogP contribution in [0.2, 0.25) is 0 Å². The minimum Gasteiger partial charge on any atom is -0.497 e. The van der Waals surface area contributed by atoms with Gasteiger partial charge in [-0.1, -0.05) is 12.1 Å². The standard InChI is InChI=1S/C24H27N3O3/c1-28-22-10-4-18(5-11-22)19-16-26(20-6-12-23(29-2)13-7-20)25-27(17-19)21-8-14-24(30-3)15-9-21/h4-15,19,25H,16-17H2,1-3H3. The molecule has 1 saturated heterocycles. The molecular formula is C24H27N3O3. The first-order valence-electron chi connectivity index (χ1n) is 9.93. The van der Waals surface area contributed by atoms with Crippen molar-refractivity contribution < 1.29 is 14.2 Å². The molecule has 4 rings (SSSR count). The van der Waals surface area contributed by atoms with E-state index in [2.05, 4.69) is 52.0 Å². The molecular weight excluding hydrogens is 378 g/mol. The Morgan fingerprint density at radius 1 is 0.600 bits per heavy atom. The molecule has 1 aliphatic heterocycles. The Morgan fingerprint density at radius 3 is 1.33 bits per heavy atom. The van der Waals surface area contributed by atoms with E-state index in [0.717, 1.165) is 41.7 Å². The number of benzene rings is 3. The van der Waals surface area contributed by atoms with E-state index in [0.29, 0.717) is 5.92 Å². The second-order valence-corrected chi connectivity index (χ2v) is 7.19. The van der Waals surface area contributed by atoms with Gasteiger partial charge in [-0.15, -0.1) is 5.53 Å². The monoisotopic (exact) mass is 405 g/mol. The summed E-state index contributed by atoms with van der Waals surface area (Å²) in [4.78, 5) is 0. The van der Waals surface area contributed by atoms with Crippen LogP contribution in [0.3, 0.4) is 0 Å². The molecule has 0 spiro atoms. The Morgan fingerprint density at radius 2 is 0.967 bits per heavy atom. The van der Waals surface area contributed by atoms with Gasteiger partial charge in [-0.05, 0) is 66.2 Å². The van der Waals surface area contributed by atoms with Crippen LogP contribution < -0.4 is 29.8 Å². The molecule has 156 valence electrons. The molecule has 0 saturated carbocycles. The molecule has 0 amide bonds. The molecule has 3 aromatic carbocycles. The van der Waals surface area contributed by atoms with E-state index in [-0.39, 0.29) is 0 Å². The van der Waals surface area contributed by atoms with Crippen LogP contribution in [0.4, 0.5) is 11.4 Å². The second kappa shape index (κ2) is 8.97. The van der Waals surface area contributed by atoms with E-state index < -0.39 is 0 Å². The van der Waals surface area contributed by atoms with E-state index in [1.807, 2.05) is 36.4 Å². The van der Waals surface area contributed by atoms with Crippen LogP contribution in [-0.2, 0) is 0 Å². The summed E-state index contributed by atoms with van der Waals surface area (Å²) in [5.74, 6) is 2.86. The molecule has 3 aromatic rings. The fourth-order valence-corrected chi connectivity index (χ4v) is 3.66. The third kappa shape index (κ3) is 4.28. The number of nitrogens with zero attached hydrogens (tertiary/aromatic N) is 2. The van der Waals surface area contributed by atoms with Crippen molar-refractivity contribution >= 4 is 11.4 Å². The highest BCUT2D eigenvalue weighted by Crippen LogP contribution is 2.30. The highest BCUT2D eigenvalue weighted by molar-refractivity contribution is 5.54. The van der Waals surface area contributed by atoms with E-state index in [1.54, 1.807) is 21.3 Å². The molecule has 1 aliphatic rings. The molecule has 1 N–H and O–H groups in total. The lowest BCUT2D eigenvalue weighted by Crippen LogP contribution is -2.58. The van der Waals surface area contributed by atoms with Crippen molar-refractivity contribution in [1.29, 1.82) is 0 Å². The zero-order valence-electron chi connectivity index (χ0n) is 17.5. The van der Waals surface area contributed by atoms with Gasteiger partial charge in [-0.3, -0.25) is 10.0 Å². The van der Waals surface area contributed by atoms with Gasteiger partial charge in [0.25, 0.3) is 0 Å². The molecule has 1 heterocycles. The zero-order chi connectivity index (χ0) is 20.9. The summed E-state index contributed by atoms with van der Waals surface area (Å²) in [6, 6.07) is 24.5. The lowest BCUT2D eigenvalue weighted by Gasteiger charge is -2.43. The molecule has 6 nitrogen and oxygen atoms in total. The van der Waals surface area contributed by atoms with Gasteiger partial charge in [-0.2, -0.15) is 0 Å². The SMILES string of the molecule is COc1ccc(C2CN(c3ccc(OC)cc3)NN(c3ccc(OC)cc3)C2)cc1. The van der Waals surface area contributed by atoms with Gasteiger partial charge >= 0.3 is 0 Å². The van der Waals surface area contributed by atoms with Crippen molar-refractivity contribution in [2.45, 2.75) is 5.92 Å². The van der Waals surface area contributed by atoms with Gasteiger partial charge in [-0.25, -0.2) is 0 Å². The first kappa shape index (κ1) is 19.9. The third-order valence-corrected chi connectivity index (χ3v) is 5.40. The van der Waals surface area contributed by atoms with Crippen LogP contribution in [0.15, 0.2) is 72.8 Å². The zero-order valence-corrected chi connectivity index (χ0v) is 17.5. The number of hydrazine groups is 2. The van der Waals surface area contributed by atoms with E-state index >= 15 is 0 Å². The van der Waals surface area contributed by atoms with Gasteiger partial charge in [0, 0.05) is 19.0 Å². The number of rotatable bonds is 6. The van der Waals surface area contributed by atoms with Gasteiger partial charge < -0.3 is 14.2 Å². The predicted molar refractivity (Wildman–Crippen MR) is 120 cm³/mol. The van der Waals surface area contributed by atoms with Gasteiger partial charge in [0.15, 0.2) is 0 Å². The summed E-state index contributed by atoms with van der Waals surface area (Å²) < 4.78 is 15.9. The van der Waals surface area contributed by atoms with E-state index in [9.17, 15) is 0 Å². The normalized spacial score (nSPS) is 14.5. The number of anilines is 2. The van der Waals surface area contributed by atoms with E-state index in [1.165, 1.54) is 5.56 Å². The molecule has 1 fully saturated rings. The largest absolute Gasteiger partial charge is 0.497 e. The van der Waals surface area contributed by atoms with Crippen LogP contribution >= 0.6 is 0 Å². The van der Waals surface area contributed by atoms with Gasteiger partial charge in [0.05, 0.1) is 32.7 Å². The summed E-state index contributed by atoms with van der Waals surface area (Å²) in [7, 11) is 5.05. The molecule has 0 unspecified atom stereocenters. The molecule has 0 radical (unpaired) electrons. The average Bonchev–Trinajstić information content (AvgIpc) is 2.84. The molecule has 0 aliphatic carbocycles. The number of hydrogen-bond acceptors (Lipinski definition) is 6. The Bertz CT molecular complexity index is 810. The van der Waals surface area contributed by atoms with Crippen molar-refractivity contribution in [3.05, 3.63) is 78.4 Å². The molecule has 6 heteroatoms. The predicted octanol–water partition coefficient (Wildman–Crippen LogP) is 4.24. The molecule has 0 bridgehead atoms. The fraction of sp³-hybridized carbons (Fsp3) is 0.250. The van der Waals surface area contributed by atoms with Gasteiger partial charge in [0.1, 0.15) is 17.2 Å². The van der Waals surface area contributed by atoms with Crippen molar-refractivity contribution in [3.8, 4) is 17.2 Å². The maximum Gasteiger partial charge on any atom is 0.119 e. The van der Waals surface area contributed by atoms with E-state index in [4.69, 9.17) is 14.2 Å². The summed E-state index contributed by atoms with van der Waals surface area (Å²) in [6.07, 6.45) is 0. The van der Waals surface area contributed by atoms with Crippen LogP contribution in [0.25, 0.3) is 0 Å². The Hall–Kier alpha value is -3.38. The average molecular weight is 405 g/mol. The minimum atomic E-state index is 0.307. The topological polar surface area (TPSA) is 46.2 Å². The fourth-order valence-electron chi connectivity index (χ4n) is 3.66. The van der Waals surface area contributed by atoms with Crippen molar-refractivity contribution in [2.75, 3.05) is 44.4 Å². The lowest BCUT2D eigenvalue weighted by atomic mass is 9.97. The Kier molecular flexibility index (Phi) is 5.95. The third-order valence-electron chi connectivity index (χ3n) is 5.40. The van der Waals surface area contributed by atoms with Crippen molar-refractivity contribution in [1.82, 2.24) is 5.53 Å². The maximum absolute atomic E-state index is 5.32. The molecule has 30 heavy (non-hydrogen) atoms. The minimum absolute atomic E-state index is 0.307. The quantitative estimate of drug-likeness (QED) is 0.662. The van der Waals surface area contributed by atoms with Crippen LogP contribution in [0.5, 0.6) is 17.2 Å². The highest BCUT2D eigenvalue weighted by Gasteiger charge is 2.27.